The topological polar surface area (TPSA) is 109 Å². The molecular formula is C19H14ClN3O5S. The van der Waals surface area contributed by atoms with Gasteiger partial charge in [-0.25, -0.2) is 13.2 Å². The molecule has 0 atom stereocenters. The predicted molar refractivity (Wildman–Crippen MR) is 105 cm³/mol. The smallest absolute Gasteiger partial charge is 0.408 e. The van der Waals surface area contributed by atoms with Gasteiger partial charge in [-0.1, -0.05) is 16.8 Å². The third-order valence-corrected chi connectivity index (χ3v) is 7.04. The Morgan fingerprint density at radius 2 is 1.93 bits per heavy atom. The van der Waals surface area contributed by atoms with Crippen molar-refractivity contribution in [2.75, 3.05) is 6.54 Å². The Kier molecular flexibility index (Phi) is 4.12. The number of rotatable bonds is 3. The van der Waals surface area contributed by atoms with E-state index in [1.165, 1.54) is 22.5 Å². The third-order valence-electron chi connectivity index (χ3n) is 4.94. The number of hydrogen-bond donors (Lipinski definition) is 1. The first-order valence-electron chi connectivity index (χ1n) is 8.78. The summed E-state index contributed by atoms with van der Waals surface area (Å²) < 4.78 is 38.0. The Bertz CT molecular complexity index is 1390. The fraction of sp³-hybridized carbons (Fsp3) is 0.158. The first-order valence-corrected chi connectivity index (χ1v) is 10.6. The number of oxazole rings is 1. The zero-order chi connectivity index (χ0) is 20.2. The number of benzene rings is 2. The maximum Gasteiger partial charge on any atom is 0.417 e. The molecule has 0 saturated heterocycles. The van der Waals surface area contributed by atoms with Crippen molar-refractivity contribution >= 4 is 32.7 Å². The molecule has 5 rings (SSSR count). The van der Waals surface area contributed by atoms with Gasteiger partial charge in [0, 0.05) is 28.8 Å². The van der Waals surface area contributed by atoms with Crippen molar-refractivity contribution in [2.45, 2.75) is 17.9 Å². The van der Waals surface area contributed by atoms with Gasteiger partial charge in [0.15, 0.2) is 11.3 Å². The van der Waals surface area contributed by atoms with E-state index in [9.17, 15) is 13.2 Å². The summed E-state index contributed by atoms with van der Waals surface area (Å²) in [5, 5.41) is 4.71. The Labute approximate surface area is 169 Å². The van der Waals surface area contributed by atoms with Crippen LogP contribution in [-0.4, -0.2) is 29.4 Å². The van der Waals surface area contributed by atoms with Crippen LogP contribution in [-0.2, 0) is 23.0 Å². The van der Waals surface area contributed by atoms with Crippen LogP contribution in [0.3, 0.4) is 0 Å². The molecular weight excluding hydrogens is 418 g/mol. The van der Waals surface area contributed by atoms with Crippen LogP contribution in [0, 0.1) is 0 Å². The molecule has 0 unspecified atom stereocenters. The number of aromatic amines is 1. The lowest BCUT2D eigenvalue weighted by Gasteiger charge is -2.25. The van der Waals surface area contributed by atoms with Gasteiger partial charge in [0.25, 0.3) is 0 Å². The lowest BCUT2D eigenvalue weighted by molar-refractivity contribution is 0.371. The molecule has 0 radical (unpaired) electrons. The Hall–Kier alpha value is -2.88. The van der Waals surface area contributed by atoms with Crippen LogP contribution >= 0.6 is 11.6 Å². The number of nitrogens with one attached hydrogen (secondary N) is 1. The average molecular weight is 432 g/mol. The lowest BCUT2D eigenvalue weighted by atomic mass is 10.0. The van der Waals surface area contributed by atoms with Crippen LogP contribution in [0.15, 0.2) is 61.1 Å². The van der Waals surface area contributed by atoms with Crippen LogP contribution in [0.5, 0.6) is 0 Å². The minimum atomic E-state index is -3.79. The van der Waals surface area contributed by atoms with Gasteiger partial charge in [-0.15, -0.1) is 0 Å². The highest BCUT2D eigenvalue weighted by Crippen LogP contribution is 2.33. The van der Waals surface area contributed by atoms with Crippen LogP contribution in [0.2, 0.25) is 5.02 Å². The maximum atomic E-state index is 13.1. The number of sulfonamides is 1. The molecule has 10 heteroatoms. The Morgan fingerprint density at radius 3 is 2.72 bits per heavy atom. The number of halogens is 1. The SMILES string of the molecule is O=c1[nH]c2ccc(S(=O)(=O)N3CCc4c(noc4-c4ccc(Cl)cc4)C3)cc2o1. The molecule has 3 heterocycles. The zero-order valence-corrected chi connectivity index (χ0v) is 16.5. The van der Waals surface area contributed by atoms with E-state index in [2.05, 4.69) is 10.1 Å². The molecule has 148 valence electrons. The summed E-state index contributed by atoms with van der Waals surface area (Å²) in [6.45, 7) is 0.385. The third kappa shape index (κ3) is 3.07. The number of H-pyrrole nitrogens is 1. The quantitative estimate of drug-likeness (QED) is 0.533. The molecule has 0 fully saturated rings. The summed E-state index contributed by atoms with van der Waals surface area (Å²) >= 11 is 5.94. The van der Waals surface area contributed by atoms with Crippen molar-refractivity contribution in [2.24, 2.45) is 0 Å². The van der Waals surface area contributed by atoms with Crippen LogP contribution in [0.25, 0.3) is 22.4 Å². The fourth-order valence-electron chi connectivity index (χ4n) is 3.48. The molecule has 0 spiro atoms. The largest absolute Gasteiger partial charge is 0.417 e. The average Bonchev–Trinajstić information content (AvgIpc) is 3.29. The van der Waals surface area contributed by atoms with E-state index in [1.807, 2.05) is 12.1 Å². The standard InChI is InChI=1S/C19H14ClN3O5S/c20-12-3-1-11(2-4-12)18-14-7-8-23(10-16(14)22-28-18)29(25,26)13-5-6-15-17(9-13)27-19(24)21-15/h1-6,9H,7-8,10H2,(H,21,24). The zero-order valence-electron chi connectivity index (χ0n) is 14.9. The molecule has 0 saturated carbocycles. The van der Waals surface area contributed by atoms with Gasteiger partial charge >= 0.3 is 5.76 Å². The summed E-state index contributed by atoms with van der Waals surface area (Å²) in [7, 11) is -3.79. The van der Waals surface area contributed by atoms with E-state index in [1.54, 1.807) is 12.1 Å². The van der Waals surface area contributed by atoms with Crippen LogP contribution in [0.4, 0.5) is 0 Å². The monoisotopic (exact) mass is 431 g/mol. The van der Waals surface area contributed by atoms with E-state index in [0.29, 0.717) is 28.4 Å². The number of fused-ring (bicyclic) bond motifs is 2. The molecule has 2 aromatic carbocycles. The summed E-state index contributed by atoms with van der Waals surface area (Å²) in [6.07, 6.45) is 0.470. The molecule has 0 bridgehead atoms. The molecule has 4 aromatic rings. The summed E-state index contributed by atoms with van der Waals surface area (Å²) in [6, 6.07) is 11.5. The Morgan fingerprint density at radius 1 is 1.14 bits per heavy atom. The van der Waals surface area contributed by atoms with Gasteiger partial charge in [0.05, 0.1) is 17.0 Å². The highest BCUT2D eigenvalue weighted by atomic mass is 35.5. The number of hydrogen-bond acceptors (Lipinski definition) is 6. The van der Waals surface area contributed by atoms with E-state index >= 15 is 0 Å². The first kappa shape index (κ1) is 18.2. The molecule has 0 amide bonds. The number of nitrogens with zero attached hydrogens (tertiary/aromatic N) is 2. The van der Waals surface area contributed by atoms with Gasteiger partial charge in [-0.3, -0.25) is 4.98 Å². The minimum Gasteiger partial charge on any atom is -0.408 e. The van der Waals surface area contributed by atoms with Crippen molar-refractivity contribution in [3.8, 4) is 11.3 Å². The van der Waals surface area contributed by atoms with E-state index in [4.69, 9.17) is 20.5 Å². The summed E-state index contributed by atoms with van der Waals surface area (Å²) in [5.41, 5.74) is 2.96. The molecule has 1 aliphatic heterocycles. The number of aromatic nitrogens is 2. The van der Waals surface area contributed by atoms with Crippen molar-refractivity contribution in [3.63, 3.8) is 0 Å². The van der Waals surface area contributed by atoms with E-state index < -0.39 is 15.8 Å². The van der Waals surface area contributed by atoms with Crippen molar-refractivity contribution < 1.29 is 17.4 Å². The molecule has 0 aliphatic carbocycles. The van der Waals surface area contributed by atoms with Gasteiger partial charge in [0.1, 0.15) is 5.69 Å². The van der Waals surface area contributed by atoms with E-state index in [0.717, 1.165) is 11.1 Å². The van der Waals surface area contributed by atoms with E-state index in [-0.39, 0.29) is 23.6 Å². The van der Waals surface area contributed by atoms with Crippen LogP contribution < -0.4 is 5.76 Å². The van der Waals surface area contributed by atoms with Gasteiger partial charge in [0.2, 0.25) is 10.0 Å². The Balaban J connectivity index is 1.46. The summed E-state index contributed by atoms with van der Waals surface area (Å²) in [4.78, 5) is 13.9. The highest BCUT2D eigenvalue weighted by molar-refractivity contribution is 7.89. The van der Waals surface area contributed by atoms with Gasteiger partial charge in [-0.05, 0) is 42.8 Å². The predicted octanol–water partition coefficient (Wildman–Crippen LogP) is 3.18. The molecule has 1 N–H and O–H groups in total. The van der Waals surface area contributed by atoms with Crippen LogP contribution in [0.1, 0.15) is 11.3 Å². The molecule has 2 aromatic heterocycles. The molecule has 1 aliphatic rings. The van der Waals surface area contributed by atoms with Crippen molar-refractivity contribution in [1.29, 1.82) is 0 Å². The minimum absolute atomic E-state index is 0.0534. The lowest BCUT2D eigenvalue weighted by Crippen LogP contribution is -2.35. The second-order valence-electron chi connectivity index (χ2n) is 6.70. The maximum absolute atomic E-state index is 13.1. The molecule has 29 heavy (non-hydrogen) atoms. The van der Waals surface area contributed by atoms with Crippen molar-refractivity contribution in [1.82, 2.24) is 14.4 Å². The summed E-state index contributed by atoms with van der Waals surface area (Å²) in [5.74, 6) is -0.00118. The van der Waals surface area contributed by atoms with Gasteiger partial charge in [-0.2, -0.15) is 4.31 Å². The molecule has 8 nitrogen and oxygen atoms in total. The normalized spacial score (nSPS) is 14.9. The second-order valence-corrected chi connectivity index (χ2v) is 9.08. The first-order chi connectivity index (χ1) is 13.9. The van der Waals surface area contributed by atoms with Gasteiger partial charge < -0.3 is 8.94 Å². The fourth-order valence-corrected chi connectivity index (χ4v) is 5.02. The van der Waals surface area contributed by atoms with Crippen molar-refractivity contribution in [3.05, 3.63) is 69.3 Å². The second kappa shape index (κ2) is 6.58. The highest BCUT2D eigenvalue weighted by Gasteiger charge is 2.32.